The van der Waals surface area contributed by atoms with Gasteiger partial charge in [-0.05, 0) is 18.6 Å². The van der Waals surface area contributed by atoms with E-state index >= 15 is 0 Å². The molecule has 10 heteroatoms. The van der Waals surface area contributed by atoms with Crippen LogP contribution in [-0.2, 0) is 4.79 Å². The summed E-state index contributed by atoms with van der Waals surface area (Å²) in [6, 6.07) is 1.90. The number of halogens is 5. The maximum Gasteiger partial charge on any atom is 0.394 e. The second kappa shape index (κ2) is 6.40. The number of hydrogen-bond donors (Lipinski definition) is 2. The Balaban J connectivity index is 1.64. The Morgan fingerprint density at radius 2 is 1.77 bits per heavy atom. The number of hydrogen-bond acceptors (Lipinski definition) is 2. The first-order chi connectivity index (χ1) is 12.1. The lowest BCUT2D eigenvalue weighted by atomic mass is 9.96. The third-order valence-electron chi connectivity index (χ3n) is 4.81. The molecule has 0 spiro atoms. The third-order valence-corrected chi connectivity index (χ3v) is 4.81. The van der Waals surface area contributed by atoms with Gasteiger partial charge in [-0.3, -0.25) is 4.79 Å². The highest BCUT2D eigenvalue weighted by atomic mass is 19.4. The SMILES string of the molecule is O=C(O)[C@@H]1CN(C(=O)N[C@@H]2C[C@H]2c2c(F)cccc2F)C[C@H]1C(F)(F)F. The topological polar surface area (TPSA) is 69.6 Å². The zero-order valence-corrected chi connectivity index (χ0v) is 13.3. The van der Waals surface area contributed by atoms with Crippen LogP contribution in [-0.4, -0.2) is 47.3 Å². The molecule has 1 aliphatic heterocycles. The molecule has 1 aliphatic carbocycles. The van der Waals surface area contributed by atoms with Crippen molar-refractivity contribution in [1.82, 2.24) is 10.2 Å². The van der Waals surface area contributed by atoms with E-state index in [-0.39, 0.29) is 12.0 Å². The van der Waals surface area contributed by atoms with Crippen LogP contribution in [0.25, 0.3) is 0 Å². The minimum absolute atomic E-state index is 0.171. The van der Waals surface area contributed by atoms with Gasteiger partial charge in [-0.1, -0.05) is 6.07 Å². The molecule has 0 bridgehead atoms. The van der Waals surface area contributed by atoms with E-state index in [1.165, 1.54) is 6.07 Å². The van der Waals surface area contributed by atoms with Crippen LogP contribution in [0.15, 0.2) is 18.2 Å². The summed E-state index contributed by atoms with van der Waals surface area (Å²) in [7, 11) is 0. The number of aliphatic carboxylic acids is 1. The number of carboxylic acids is 1. The Morgan fingerprint density at radius 3 is 2.27 bits per heavy atom. The number of carbonyl (C=O) groups is 2. The summed E-state index contributed by atoms with van der Waals surface area (Å²) in [5, 5.41) is 11.4. The predicted molar refractivity (Wildman–Crippen MR) is 78.3 cm³/mol. The third kappa shape index (κ3) is 3.45. The Bertz CT molecular complexity index is 719. The van der Waals surface area contributed by atoms with Crippen LogP contribution >= 0.6 is 0 Å². The molecule has 0 unspecified atom stereocenters. The quantitative estimate of drug-likeness (QED) is 0.795. The number of carbonyl (C=O) groups excluding carboxylic acids is 1. The van der Waals surface area contributed by atoms with E-state index in [4.69, 9.17) is 5.11 Å². The molecule has 4 atom stereocenters. The van der Waals surface area contributed by atoms with Crippen LogP contribution in [0.5, 0.6) is 0 Å². The molecule has 2 fully saturated rings. The summed E-state index contributed by atoms with van der Waals surface area (Å²) in [4.78, 5) is 24.0. The molecule has 1 saturated heterocycles. The molecule has 0 aromatic heterocycles. The molecule has 2 N–H and O–H groups in total. The van der Waals surface area contributed by atoms with Crippen molar-refractivity contribution in [3.05, 3.63) is 35.4 Å². The molecule has 1 aromatic rings. The van der Waals surface area contributed by atoms with Gasteiger partial charge in [0.15, 0.2) is 0 Å². The number of rotatable bonds is 3. The molecule has 142 valence electrons. The monoisotopic (exact) mass is 378 g/mol. The molecular weight excluding hydrogens is 363 g/mol. The van der Waals surface area contributed by atoms with Gasteiger partial charge >= 0.3 is 18.2 Å². The van der Waals surface area contributed by atoms with E-state index in [9.17, 15) is 31.5 Å². The first-order valence-corrected chi connectivity index (χ1v) is 7.88. The van der Waals surface area contributed by atoms with Crippen molar-refractivity contribution in [3.63, 3.8) is 0 Å². The fourth-order valence-electron chi connectivity index (χ4n) is 3.34. The minimum atomic E-state index is -4.74. The summed E-state index contributed by atoms with van der Waals surface area (Å²) in [6.45, 7) is -1.34. The number of alkyl halides is 3. The van der Waals surface area contributed by atoms with Crippen molar-refractivity contribution in [2.75, 3.05) is 13.1 Å². The highest BCUT2D eigenvalue weighted by Crippen LogP contribution is 2.43. The van der Waals surface area contributed by atoms with E-state index in [1.807, 2.05) is 0 Å². The Hall–Kier alpha value is -2.39. The van der Waals surface area contributed by atoms with Crippen molar-refractivity contribution in [1.29, 1.82) is 0 Å². The van der Waals surface area contributed by atoms with Crippen LogP contribution in [0.4, 0.5) is 26.7 Å². The predicted octanol–water partition coefficient (Wildman–Crippen LogP) is 2.73. The minimum Gasteiger partial charge on any atom is -0.481 e. The Labute approximate surface area is 144 Å². The number of nitrogens with one attached hydrogen (secondary N) is 1. The van der Waals surface area contributed by atoms with E-state index in [0.717, 1.165) is 17.0 Å². The van der Waals surface area contributed by atoms with Crippen LogP contribution in [0.2, 0.25) is 0 Å². The lowest BCUT2D eigenvalue weighted by Gasteiger charge is -2.19. The maximum atomic E-state index is 13.7. The maximum absolute atomic E-state index is 13.7. The van der Waals surface area contributed by atoms with Crippen molar-refractivity contribution < 1.29 is 36.6 Å². The summed E-state index contributed by atoms with van der Waals surface area (Å²) >= 11 is 0. The molecular formula is C16H15F5N2O3. The molecule has 3 rings (SSSR count). The zero-order valence-electron chi connectivity index (χ0n) is 13.3. The molecule has 1 saturated carbocycles. The summed E-state index contributed by atoms with van der Waals surface area (Å²) < 4.78 is 66.3. The fourth-order valence-corrected chi connectivity index (χ4v) is 3.34. The van der Waals surface area contributed by atoms with Gasteiger partial charge in [-0.25, -0.2) is 13.6 Å². The average Bonchev–Trinajstić information content (AvgIpc) is 3.10. The molecule has 1 heterocycles. The Kier molecular flexibility index (Phi) is 4.53. The van der Waals surface area contributed by atoms with E-state index in [2.05, 4.69) is 5.32 Å². The normalized spacial score (nSPS) is 28.1. The summed E-state index contributed by atoms with van der Waals surface area (Å²) in [6.07, 6.45) is -4.49. The van der Waals surface area contributed by atoms with Gasteiger partial charge in [0, 0.05) is 30.6 Å². The van der Waals surface area contributed by atoms with Crippen LogP contribution in [0.1, 0.15) is 17.9 Å². The Morgan fingerprint density at radius 1 is 1.15 bits per heavy atom. The first-order valence-electron chi connectivity index (χ1n) is 7.88. The molecule has 1 aromatic carbocycles. The number of benzene rings is 1. The molecule has 2 amide bonds. The second-order valence-electron chi connectivity index (χ2n) is 6.53. The fraction of sp³-hybridized carbons (Fsp3) is 0.500. The highest BCUT2D eigenvalue weighted by Gasteiger charge is 2.54. The van der Waals surface area contributed by atoms with Gasteiger partial charge in [0.05, 0.1) is 11.8 Å². The first kappa shape index (κ1) is 18.4. The van der Waals surface area contributed by atoms with E-state index in [0.29, 0.717) is 0 Å². The molecule has 2 aliphatic rings. The summed E-state index contributed by atoms with van der Waals surface area (Å²) in [5.74, 6) is -7.62. The lowest BCUT2D eigenvalue weighted by Crippen LogP contribution is -2.41. The molecule has 5 nitrogen and oxygen atoms in total. The van der Waals surface area contributed by atoms with Crippen molar-refractivity contribution in [2.45, 2.75) is 24.6 Å². The standard InChI is InChI=1S/C16H15F5N2O3/c17-10-2-1-3-11(18)13(10)7-4-12(7)22-15(26)23-5-8(14(24)25)9(6-23)16(19,20)21/h1-3,7-9,12H,4-6H2,(H,22,26)(H,24,25)/t7-,8-,9-,12-/m1/s1. The lowest BCUT2D eigenvalue weighted by molar-refractivity contribution is -0.187. The van der Waals surface area contributed by atoms with Crippen molar-refractivity contribution >= 4 is 12.0 Å². The number of likely N-dealkylation sites (tertiary alicyclic amines) is 1. The van der Waals surface area contributed by atoms with Crippen LogP contribution in [0, 0.1) is 23.5 Å². The molecule has 0 radical (unpaired) electrons. The van der Waals surface area contributed by atoms with E-state index in [1.54, 1.807) is 0 Å². The van der Waals surface area contributed by atoms with Crippen molar-refractivity contribution in [3.8, 4) is 0 Å². The highest BCUT2D eigenvalue weighted by molar-refractivity contribution is 5.78. The molecule has 26 heavy (non-hydrogen) atoms. The van der Waals surface area contributed by atoms with E-state index < -0.39 is 66.7 Å². The van der Waals surface area contributed by atoms with Gasteiger partial charge in [-0.15, -0.1) is 0 Å². The largest absolute Gasteiger partial charge is 0.481 e. The van der Waals surface area contributed by atoms with Gasteiger partial charge in [0.2, 0.25) is 0 Å². The number of amides is 2. The number of carboxylic acid groups (broad SMARTS) is 1. The van der Waals surface area contributed by atoms with Gasteiger partial charge in [-0.2, -0.15) is 13.2 Å². The number of nitrogens with zero attached hydrogens (tertiary/aromatic N) is 1. The zero-order chi connectivity index (χ0) is 19.2. The summed E-state index contributed by atoms with van der Waals surface area (Å²) in [5.41, 5.74) is -0.171. The van der Waals surface area contributed by atoms with Crippen LogP contribution in [0.3, 0.4) is 0 Å². The van der Waals surface area contributed by atoms with Gasteiger partial charge < -0.3 is 15.3 Å². The van der Waals surface area contributed by atoms with Gasteiger partial charge in [0.1, 0.15) is 11.6 Å². The second-order valence-corrected chi connectivity index (χ2v) is 6.53. The van der Waals surface area contributed by atoms with Gasteiger partial charge in [0.25, 0.3) is 0 Å². The van der Waals surface area contributed by atoms with Crippen molar-refractivity contribution in [2.24, 2.45) is 11.8 Å². The smallest absolute Gasteiger partial charge is 0.394 e. The number of urea groups is 1. The van der Waals surface area contributed by atoms with Crippen LogP contribution < -0.4 is 5.32 Å². The average molecular weight is 378 g/mol.